The maximum Gasteiger partial charge on any atom is 0.416 e. The Labute approximate surface area is 166 Å². The highest BCUT2D eigenvalue weighted by Crippen LogP contribution is 2.29. The second-order valence-electron chi connectivity index (χ2n) is 6.60. The van der Waals surface area contributed by atoms with Gasteiger partial charge in [-0.2, -0.15) is 13.2 Å². The van der Waals surface area contributed by atoms with E-state index in [9.17, 15) is 17.4 Å². The van der Waals surface area contributed by atoms with Crippen molar-refractivity contribution in [3.05, 3.63) is 35.4 Å². The number of nitrogens with one attached hydrogen (secondary N) is 2. The minimum absolute atomic E-state index is 0.225. The molecule has 0 saturated heterocycles. The van der Waals surface area contributed by atoms with E-state index in [1.54, 1.807) is 7.05 Å². The summed E-state index contributed by atoms with van der Waals surface area (Å²) in [5, 5.41) is 6.67. The average Bonchev–Trinajstić information content (AvgIpc) is 2.69. The van der Waals surface area contributed by atoms with Crippen LogP contribution in [-0.2, 0) is 17.0 Å². The molecule has 0 radical (unpaired) electrons. The first-order valence-electron chi connectivity index (χ1n) is 9.34. The summed E-state index contributed by atoms with van der Waals surface area (Å²) in [5.41, 5.74) is -0.162. The number of hydrogen-bond acceptors (Lipinski definition) is 2. The standard InChI is InChI=1S/C20H26F3N3OS/c1-3-28(27)18-8-4-7-17(14-18)26-19(24-2)25-13-5-6-15-9-11-16(12-10-15)20(21,22)23/h9-12,17-18H,3-4,7-8,13-14H2,1-2H3,(H2,24,25,26). The van der Waals surface area contributed by atoms with Crippen LogP contribution in [0.5, 0.6) is 0 Å². The molecule has 1 saturated carbocycles. The summed E-state index contributed by atoms with van der Waals surface area (Å²) in [4.78, 5) is 4.18. The van der Waals surface area contributed by atoms with Crippen LogP contribution >= 0.6 is 0 Å². The third-order valence-electron chi connectivity index (χ3n) is 4.64. The summed E-state index contributed by atoms with van der Waals surface area (Å²) in [5.74, 6) is 7.02. The fourth-order valence-corrected chi connectivity index (χ4v) is 4.50. The number of guanidine groups is 1. The highest BCUT2D eigenvalue weighted by atomic mass is 32.2. The van der Waals surface area contributed by atoms with E-state index in [1.807, 2.05) is 6.92 Å². The van der Waals surface area contributed by atoms with Gasteiger partial charge in [-0.05, 0) is 43.5 Å². The fourth-order valence-electron chi connectivity index (χ4n) is 3.16. The van der Waals surface area contributed by atoms with Crippen LogP contribution in [0.2, 0.25) is 0 Å². The molecular weight excluding hydrogens is 387 g/mol. The Kier molecular flexibility index (Phi) is 8.36. The van der Waals surface area contributed by atoms with E-state index in [1.165, 1.54) is 12.1 Å². The fraction of sp³-hybridized carbons (Fsp3) is 0.550. The summed E-state index contributed by atoms with van der Waals surface area (Å²) in [6, 6.07) is 5.00. The van der Waals surface area contributed by atoms with Gasteiger partial charge in [-0.1, -0.05) is 25.2 Å². The van der Waals surface area contributed by atoms with Gasteiger partial charge in [0.15, 0.2) is 5.96 Å². The van der Waals surface area contributed by atoms with Gasteiger partial charge in [-0.15, -0.1) is 0 Å². The van der Waals surface area contributed by atoms with Crippen molar-refractivity contribution in [1.29, 1.82) is 0 Å². The van der Waals surface area contributed by atoms with Gasteiger partial charge in [0.2, 0.25) is 0 Å². The van der Waals surface area contributed by atoms with E-state index in [0.717, 1.165) is 37.8 Å². The lowest BCUT2D eigenvalue weighted by atomic mass is 9.95. The van der Waals surface area contributed by atoms with Gasteiger partial charge in [0.25, 0.3) is 0 Å². The predicted molar refractivity (Wildman–Crippen MR) is 108 cm³/mol. The van der Waals surface area contributed by atoms with Crippen molar-refractivity contribution in [3.63, 3.8) is 0 Å². The molecule has 0 aliphatic heterocycles. The molecule has 3 atom stereocenters. The van der Waals surface area contributed by atoms with E-state index < -0.39 is 22.5 Å². The Balaban J connectivity index is 1.83. The summed E-state index contributed by atoms with van der Waals surface area (Å²) in [6.45, 7) is 2.26. The molecule has 4 nitrogen and oxygen atoms in total. The SMILES string of the molecule is CCS(=O)C1CCCC(NC(=NC)NCC#Cc2ccc(C(F)(F)F)cc2)C1. The number of benzene rings is 1. The molecule has 1 aliphatic carbocycles. The molecule has 154 valence electrons. The summed E-state index contributed by atoms with van der Waals surface area (Å²) >= 11 is 0. The number of alkyl halides is 3. The number of rotatable bonds is 4. The van der Waals surface area contributed by atoms with Crippen molar-refractivity contribution in [2.45, 2.75) is 50.1 Å². The average molecular weight is 414 g/mol. The van der Waals surface area contributed by atoms with Crippen LogP contribution in [-0.4, -0.2) is 40.8 Å². The third-order valence-corrected chi connectivity index (χ3v) is 6.38. The Morgan fingerprint density at radius 1 is 1.29 bits per heavy atom. The van der Waals surface area contributed by atoms with E-state index in [2.05, 4.69) is 27.5 Å². The molecule has 0 heterocycles. The molecule has 3 unspecified atom stereocenters. The van der Waals surface area contributed by atoms with Crippen LogP contribution in [0.4, 0.5) is 13.2 Å². The first-order chi connectivity index (χ1) is 13.3. The molecule has 1 fully saturated rings. The zero-order chi connectivity index (χ0) is 20.6. The zero-order valence-electron chi connectivity index (χ0n) is 16.1. The van der Waals surface area contributed by atoms with Crippen LogP contribution < -0.4 is 10.6 Å². The zero-order valence-corrected chi connectivity index (χ0v) is 16.9. The van der Waals surface area contributed by atoms with Crippen molar-refractivity contribution < 1.29 is 17.4 Å². The number of aliphatic imine (C=N–C) groups is 1. The molecule has 2 N–H and O–H groups in total. The highest BCUT2D eigenvalue weighted by molar-refractivity contribution is 7.85. The summed E-state index contributed by atoms with van der Waals surface area (Å²) in [7, 11) is 0.890. The smallest absolute Gasteiger partial charge is 0.354 e. The molecule has 0 aromatic heterocycles. The molecule has 0 bridgehead atoms. The van der Waals surface area contributed by atoms with E-state index in [4.69, 9.17) is 0 Å². The minimum Gasteiger partial charge on any atom is -0.354 e. The molecule has 2 rings (SSSR count). The van der Waals surface area contributed by atoms with Crippen LogP contribution in [0.15, 0.2) is 29.3 Å². The lowest BCUT2D eigenvalue weighted by Crippen LogP contribution is -2.46. The Bertz CT molecular complexity index is 751. The Morgan fingerprint density at radius 3 is 2.61 bits per heavy atom. The Morgan fingerprint density at radius 2 is 2.00 bits per heavy atom. The van der Waals surface area contributed by atoms with Gasteiger partial charge < -0.3 is 10.6 Å². The maximum atomic E-state index is 12.6. The van der Waals surface area contributed by atoms with Crippen molar-refractivity contribution in [2.24, 2.45) is 4.99 Å². The monoisotopic (exact) mass is 413 g/mol. The van der Waals surface area contributed by atoms with Gasteiger partial charge >= 0.3 is 6.18 Å². The third kappa shape index (κ3) is 6.86. The lowest BCUT2D eigenvalue weighted by Gasteiger charge is -2.30. The Hall–Kier alpha value is -2.01. The second-order valence-corrected chi connectivity index (χ2v) is 8.61. The largest absolute Gasteiger partial charge is 0.416 e. The van der Waals surface area contributed by atoms with Crippen LogP contribution in [0.1, 0.15) is 43.7 Å². The topological polar surface area (TPSA) is 53.5 Å². The molecule has 1 aliphatic rings. The number of hydrogen-bond donors (Lipinski definition) is 2. The van der Waals surface area contributed by atoms with Crippen molar-refractivity contribution in [2.75, 3.05) is 19.3 Å². The van der Waals surface area contributed by atoms with Gasteiger partial charge in [-0.3, -0.25) is 9.20 Å². The van der Waals surface area contributed by atoms with Gasteiger partial charge in [0, 0.05) is 40.5 Å². The van der Waals surface area contributed by atoms with Crippen LogP contribution in [0.25, 0.3) is 0 Å². The highest BCUT2D eigenvalue weighted by Gasteiger charge is 2.29. The van der Waals surface area contributed by atoms with Crippen molar-refractivity contribution in [3.8, 4) is 11.8 Å². The maximum absolute atomic E-state index is 12.6. The van der Waals surface area contributed by atoms with Gasteiger partial charge in [-0.25, -0.2) is 0 Å². The van der Waals surface area contributed by atoms with Crippen molar-refractivity contribution >= 4 is 16.8 Å². The summed E-state index contributed by atoms with van der Waals surface area (Å²) < 4.78 is 49.7. The molecule has 1 aromatic rings. The van der Waals surface area contributed by atoms with E-state index >= 15 is 0 Å². The number of halogens is 3. The normalized spacial score (nSPS) is 21.4. The van der Waals surface area contributed by atoms with Crippen LogP contribution in [0, 0.1) is 11.8 Å². The molecule has 0 amide bonds. The first kappa shape index (κ1) is 22.3. The van der Waals surface area contributed by atoms with Crippen LogP contribution in [0.3, 0.4) is 0 Å². The van der Waals surface area contributed by atoms with E-state index in [0.29, 0.717) is 23.8 Å². The number of nitrogens with zero attached hydrogens (tertiary/aromatic N) is 1. The predicted octanol–water partition coefficient (Wildman–Crippen LogP) is 3.30. The van der Waals surface area contributed by atoms with Crippen molar-refractivity contribution in [1.82, 2.24) is 10.6 Å². The summed E-state index contributed by atoms with van der Waals surface area (Å²) in [6.07, 6.45) is -0.427. The molecular formula is C20H26F3N3OS. The van der Waals surface area contributed by atoms with Gasteiger partial charge in [0.1, 0.15) is 0 Å². The molecule has 1 aromatic carbocycles. The first-order valence-corrected chi connectivity index (χ1v) is 10.7. The molecule has 28 heavy (non-hydrogen) atoms. The van der Waals surface area contributed by atoms with Gasteiger partial charge in [0.05, 0.1) is 12.1 Å². The molecule has 0 spiro atoms. The molecule has 8 heteroatoms. The lowest BCUT2D eigenvalue weighted by molar-refractivity contribution is -0.137. The second kappa shape index (κ2) is 10.5. The van der Waals surface area contributed by atoms with E-state index in [-0.39, 0.29) is 11.3 Å². The minimum atomic E-state index is -4.34. The quantitative estimate of drug-likeness (QED) is 0.452.